The van der Waals surface area contributed by atoms with E-state index in [-0.39, 0.29) is 11.3 Å². The van der Waals surface area contributed by atoms with E-state index in [0.29, 0.717) is 22.3 Å². The van der Waals surface area contributed by atoms with Gasteiger partial charge in [0, 0.05) is 25.8 Å². The second-order valence-corrected chi connectivity index (χ2v) is 7.09. The van der Waals surface area contributed by atoms with Crippen LogP contribution in [0.3, 0.4) is 0 Å². The van der Waals surface area contributed by atoms with Gasteiger partial charge in [0.1, 0.15) is 5.82 Å². The van der Waals surface area contributed by atoms with E-state index in [2.05, 4.69) is 31.1 Å². The van der Waals surface area contributed by atoms with Crippen molar-refractivity contribution in [2.75, 3.05) is 25.0 Å². The minimum atomic E-state index is 0.0270. The van der Waals surface area contributed by atoms with Crippen LogP contribution in [0.2, 0.25) is 5.02 Å². The van der Waals surface area contributed by atoms with E-state index in [9.17, 15) is 4.79 Å². The maximum atomic E-state index is 12.5. The van der Waals surface area contributed by atoms with Gasteiger partial charge in [-0.3, -0.25) is 4.79 Å². The normalized spacial score (nSPS) is 18.9. The molecule has 1 N–H and O–H groups in total. The number of carbonyl (C=O) groups excluding carboxylic acids is 1. The molecule has 116 valence electrons. The number of rotatable bonds is 3. The predicted octanol–water partition coefficient (Wildman–Crippen LogP) is 3.68. The summed E-state index contributed by atoms with van der Waals surface area (Å²) in [7, 11) is 0. The third kappa shape index (κ3) is 3.67. The van der Waals surface area contributed by atoms with Crippen molar-refractivity contribution in [3.05, 3.63) is 22.8 Å². The van der Waals surface area contributed by atoms with E-state index in [1.165, 1.54) is 0 Å². The molecule has 1 fully saturated rings. The largest absolute Gasteiger partial charge is 0.369 e. The van der Waals surface area contributed by atoms with E-state index >= 15 is 0 Å². The average Bonchev–Trinajstić information content (AvgIpc) is 2.90. The summed E-state index contributed by atoms with van der Waals surface area (Å²) in [6.45, 7) is 11.1. The van der Waals surface area contributed by atoms with Crippen LogP contribution in [0.4, 0.5) is 5.82 Å². The molecule has 5 heteroatoms. The van der Waals surface area contributed by atoms with Gasteiger partial charge in [-0.1, -0.05) is 32.4 Å². The van der Waals surface area contributed by atoms with Gasteiger partial charge in [-0.2, -0.15) is 0 Å². The molecule has 0 aliphatic carbocycles. The summed E-state index contributed by atoms with van der Waals surface area (Å²) in [5.74, 6) is 1.20. The number of aromatic nitrogens is 1. The van der Waals surface area contributed by atoms with E-state index in [0.717, 1.165) is 26.1 Å². The Hall–Kier alpha value is -1.29. The highest BCUT2D eigenvalue weighted by molar-refractivity contribution is 6.33. The molecule has 1 unspecified atom stereocenters. The van der Waals surface area contributed by atoms with Gasteiger partial charge in [0.15, 0.2) is 0 Å². The van der Waals surface area contributed by atoms with Crippen molar-refractivity contribution in [3.8, 4) is 0 Å². The molecule has 1 amide bonds. The second-order valence-electron chi connectivity index (χ2n) is 6.69. The molecule has 0 bridgehead atoms. The van der Waals surface area contributed by atoms with Crippen LogP contribution < -0.4 is 5.32 Å². The first-order valence-corrected chi connectivity index (χ1v) is 7.89. The third-order valence-electron chi connectivity index (χ3n) is 4.13. The molecule has 1 aliphatic rings. The van der Waals surface area contributed by atoms with Crippen LogP contribution >= 0.6 is 11.6 Å². The number of hydrogen-bond acceptors (Lipinski definition) is 3. The fourth-order valence-corrected chi connectivity index (χ4v) is 2.92. The standard InChI is InChI=1S/C16H24ClN3O/c1-5-18-14-13(17)8-11(9-19-14)15(21)20-7-6-12(10-20)16(2,3)4/h8-9,12H,5-7,10H2,1-4H3,(H,18,19). The third-order valence-corrected chi connectivity index (χ3v) is 4.42. The smallest absolute Gasteiger partial charge is 0.255 e. The van der Waals surface area contributed by atoms with Crippen LogP contribution in [0.5, 0.6) is 0 Å². The van der Waals surface area contributed by atoms with Crippen LogP contribution in [-0.4, -0.2) is 35.4 Å². The molecule has 21 heavy (non-hydrogen) atoms. The molecular formula is C16H24ClN3O. The molecule has 0 radical (unpaired) electrons. The van der Waals surface area contributed by atoms with Crippen molar-refractivity contribution in [3.63, 3.8) is 0 Å². The zero-order chi connectivity index (χ0) is 15.6. The Morgan fingerprint density at radius 1 is 1.52 bits per heavy atom. The Balaban J connectivity index is 2.09. The predicted molar refractivity (Wildman–Crippen MR) is 86.9 cm³/mol. The molecule has 4 nitrogen and oxygen atoms in total. The lowest BCUT2D eigenvalue weighted by molar-refractivity contribution is 0.0776. The number of anilines is 1. The summed E-state index contributed by atoms with van der Waals surface area (Å²) in [4.78, 5) is 18.7. The highest BCUT2D eigenvalue weighted by Crippen LogP contribution is 2.34. The van der Waals surface area contributed by atoms with E-state index in [4.69, 9.17) is 11.6 Å². The van der Waals surface area contributed by atoms with Crippen LogP contribution in [0, 0.1) is 11.3 Å². The molecule has 1 aromatic heterocycles. The van der Waals surface area contributed by atoms with Crippen molar-refractivity contribution in [1.82, 2.24) is 9.88 Å². The van der Waals surface area contributed by atoms with Gasteiger partial charge in [-0.25, -0.2) is 4.98 Å². The summed E-state index contributed by atoms with van der Waals surface area (Å²) in [5, 5.41) is 3.57. The van der Waals surface area contributed by atoms with Crippen molar-refractivity contribution in [2.45, 2.75) is 34.1 Å². The molecular weight excluding hydrogens is 286 g/mol. The van der Waals surface area contributed by atoms with Crippen LogP contribution in [0.25, 0.3) is 0 Å². The highest BCUT2D eigenvalue weighted by Gasteiger charge is 2.34. The number of amides is 1. The molecule has 2 heterocycles. The van der Waals surface area contributed by atoms with E-state index in [1.807, 2.05) is 11.8 Å². The molecule has 0 aromatic carbocycles. The minimum Gasteiger partial charge on any atom is -0.369 e. The number of halogens is 1. The number of hydrogen-bond donors (Lipinski definition) is 1. The van der Waals surface area contributed by atoms with Gasteiger partial charge in [0.2, 0.25) is 0 Å². The summed E-state index contributed by atoms with van der Waals surface area (Å²) < 4.78 is 0. The average molecular weight is 310 g/mol. The molecule has 1 saturated heterocycles. The van der Waals surface area contributed by atoms with Crippen LogP contribution in [0.15, 0.2) is 12.3 Å². The van der Waals surface area contributed by atoms with Gasteiger partial charge < -0.3 is 10.2 Å². The molecule has 1 aliphatic heterocycles. The quantitative estimate of drug-likeness (QED) is 0.926. The lowest BCUT2D eigenvalue weighted by atomic mass is 9.80. The summed E-state index contributed by atoms with van der Waals surface area (Å²) in [6.07, 6.45) is 2.67. The molecule has 1 aromatic rings. The van der Waals surface area contributed by atoms with Crippen molar-refractivity contribution < 1.29 is 4.79 Å². The molecule has 1 atom stereocenters. The van der Waals surface area contributed by atoms with E-state index in [1.54, 1.807) is 12.3 Å². The van der Waals surface area contributed by atoms with Gasteiger partial charge in [0.05, 0.1) is 10.6 Å². The van der Waals surface area contributed by atoms with Gasteiger partial charge in [-0.05, 0) is 30.7 Å². The summed E-state index contributed by atoms with van der Waals surface area (Å²) in [5.41, 5.74) is 0.802. The Bertz CT molecular complexity index is 525. The fourth-order valence-electron chi connectivity index (χ4n) is 2.69. The molecule has 0 spiro atoms. The molecule has 0 saturated carbocycles. The van der Waals surface area contributed by atoms with Gasteiger partial charge in [0.25, 0.3) is 5.91 Å². The number of nitrogens with zero attached hydrogens (tertiary/aromatic N) is 2. The molecule has 2 rings (SSSR count). The maximum absolute atomic E-state index is 12.5. The Morgan fingerprint density at radius 3 is 2.76 bits per heavy atom. The minimum absolute atomic E-state index is 0.0270. The lowest BCUT2D eigenvalue weighted by Crippen LogP contribution is -2.31. The Kier molecular flexibility index (Phi) is 4.77. The summed E-state index contributed by atoms with van der Waals surface area (Å²) in [6, 6.07) is 1.71. The zero-order valence-electron chi connectivity index (χ0n) is 13.2. The zero-order valence-corrected chi connectivity index (χ0v) is 14.0. The number of likely N-dealkylation sites (tertiary alicyclic amines) is 1. The Labute approximate surface area is 131 Å². The van der Waals surface area contributed by atoms with Crippen LogP contribution in [-0.2, 0) is 0 Å². The number of pyridine rings is 1. The number of carbonyl (C=O) groups is 1. The van der Waals surface area contributed by atoms with Crippen molar-refractivity contribution in [1.29, 1.82) is 0 Å². The maximum Gasteiger partial charge on any atom is 0.255 e. The lowest BCUT2D eigenvalue weighted by Gasteiger charge is -2.27. The first kappa shape index (κ1) is 16.1. The highest BCUT2D eigenvalue weighted by atomic mass is 35.5. The topological polar surface area (TPSA) is 45.2 Å². The first-order chi connectivity index (χ1) is 9.82. The second kappa shape index (κ2) is 6.22. The number of nitrogens with one attached hydrogen (secondary N) is 1. The van der Waals surface area contributed by atoms with Gasteiger partial charge >= 0.3 is 0 Å². The van der Waals surface area contributed by atoms with Gasteiger partial charge in [-0.15, -0.1) is 0 Å². The Morgan fingerprint density at radius 2 is 2.24 bits per heavy atom. The van der Waals surface area contributed by atoms with E-state index < -0.39 is 0 Å². The SMILES string of the molecule is CCNc1ncc(C(=O)N2CCC(C(C)(C)C)C2)cc1Cl. The summed E-state index contributed by atoms with van der Waals surface area (Å²) >= 11 is 6.16. The monoisotopic (exact) mass is 309 g/mol. The van der Waals surface area contributed by atoms with Crippen molar-refractivity contribution in [2.24, 2.45) is 11.3 Å². The first-order valence-electron chi connectivity index (χ1n) is 7.51. The fraction of sp³-hybridized carbons (Fsp3) is 0.625. The van der Waals surface area contributed by atoms with Crippen LogP contribution in [0.1, 0.15) is 44.5 Å². The van der Waals surface area contributed by atoms with Crippen molar-refractivity contribution >= 4 is 23.3 Å².